The number of rotatable bonds is 9. The molecule has 39 heavy (non-hydrogen) atoms. The number of para-hydroxylation sites is 1. The summed E-state index contributed by atoms with van der Waals surface area (Å²) >= 11 is 6.04. The molecule has 0 heterocycles. The summed E-state index contributed by atoms with van der Waals surface area (Å²) in [5, 5.41) is 32.9. The highest BCUT2D eigenvalue weighted by molar-refractivity contribution is 6.35. The van der Waals surface area contributed by atoms with Crippen molar-refractivity contribution in [3.05, 3.63) is 99.1 Å². The van der Waals surface area contributed by atoms with E-state index in [9.17, 15) is 34.4 Å². The fourth-order valence-electron chi connectivity index (χ4n) is 3.66. The number of carboxylic acids is 1. The number of carbonyl (C=O) groups excluding carboxylic acids is 3. The van der Waals surface area contributed by atoms with Gasteiger partial charge in [-0.25, -0.2) is 4.79 Å². The fourth-order valence-corrected chi connectivity index (χ4v) is 3.85. The van der Waals surface area contributed by atoms with Crippen molar-refractivity contribution in [2.24, 2.45) is 0 Å². The molecule has 13 heteroatoms. The molecule has 0 aliphatic rings. The van der Waals surface area contributed by atoms with Crippen LogP contribution in [0.25, 0.3) is 11.1 Å². The Morgan fingerprint density at radius 2 is 1.59 bits per heavy atom. The molecular weight excluding hydrogens is 532 g/mol. The van der Waals surface area contributed by atoms with E-state index in [-0.39, 0.29) is 12.0 Å². The first-order valence-corrected chi connectivity index (χ1v) is 11.8. The number of hydrogen-bond acceptors (Lipinski definition) is 7. The van der Waals surface area contributed by atoms with Crippen molar-refractivity contribution in [2.75, 3.05) is 0 Å². The van der Waals surface area contributed by atoms with Gasteiger partial charge in [0, 0.05) is 23.6 Å². The molecule has 0 bridgehead atoms. The third-order valence-electron chi connectivity index (χ3n) is 5.56. The fraction of sp³-hybridized carbons (Fsp3) is 0.154. The van der Waals surface area contributed by atoms with Gasteiger partial charge in [0.2, 0.25) is 0 Å². The minimum absolute atomic E-state index is 0.0712. The maximum atomic E-state index is 12.5. The van der Waals surface area contributed by atoms with Crippen molar-refractivity contribution in [1.82, 2.24) is 16.2 Å². The van der Waals surface area contributed by atoms with Crippen LogP contribution in [0.3, 0.4) is 0 Å². The first-order valence-electron chi connectivity index (χ1n) is 11.5. The molecule has 0 aromatic heterocycles. The van der Waals surface area contributed by atoms with Gasteiger partial charge in [0.1, 0.15) is 5.56 Å². The Morgan fingerprint density at radius 1 is 0.897 bits per heavy atom. The number of nitrogens with one attached hydrogen (secondary N) is 3. The van der Waals surface area contributed by atoms with Crippen molar-refractivity contribution in [3.63, 3.8) is 0 Å². The quantitative estimate of drug-likeness (QED) is 0.151. The van der Waals surface area contributed by atoms with Crippen LogP contribution in [0, 0.1) is 10.1 Å². The molecule has 3 aromatic carbocycles. The Kier molecular flexibility index (Phi) is 9.68. The van der Waals surface area contributed by atoms with Crippen LogP contribution < -0.4 is 16.2 Å². The molecule has 0 unspecified atom stereocenters. The van der Waals surface area contributed by atoms with E-state index in [0.717, 1.165) is 17.2 Å². The van der Waals surface area contributed by atoms with Crippen molar-refractivity contribution in [3.8, 4) is 11.1 Å². The van der Waals surface area contributed by atoms with Gasteiger partial charge in [0.15, 0.2) is 6.10 Å². The molecule has 0 spiro atoms. The molecule has 5 N–H and O–H groups in total. The zero-order chi connectivity index (χ0) is 28.5. The number of carboxylic acid groups (broad SMARTS) is 1. The Labute approximate surface area is 226 Å². The highest BCUT2D eigenvalue weighted by atomic mass is 35.5. The molecule has 0 saturated carbocycles. The molecule has 3 amide bonds. The summed E-state index contributed by atoms with van der Waals surface area (Å²) in [5.41, 5.74) is 5.35. The first kappa shape index (κ1) is 28.8. The SMILES string of the molecule is O=C(NNC(=O)c1ccccc1[N+](=O)[O-])C(=O)N[C@H](Cc1ccc(-c2cccc(Cl)c2)cc1)C[C@@H](O)C(=O)O. The van der Waals surface area contributed by atoms with Crippen LogP contribution in [-0.4, -0.2) is 51.0 Å². The average Bonchev–Trinajstić information content (AvgIpc) is 2.91. The minimum Gasteiger partial charge on any atom is -0.479 e. The third kappa shape index (κ3) is 8.09. The van der Waals surface area contributed by atoms with Gasteiger partial charge in [-0.1, -0.05) is 60.1 Å². The van der Waals surface area contributed by atoms with Crippen LogP contribution in [0.5, 0.6) is 0 Å². The summed E-state index contributed by atoms with van der Waals surface area (Å²) < 4.78 is 0. The second-order valence-electron chi connectivity index (χ2n) is 8.35. The van der Waals surface area contributed by atoms with Crippen LogP contribution in [0.2, 0.25) is 5.02 Å². The predicted molar refractivity (Wildman–Crippen MR) is 139 cm³/mol. The zero-order valence-corrected chi connectivity index (χ0v) is 20.9. The van der Waals surface area contributed by atoms with E-state index in [0.29, 0.717) is 10.6 Å². The van der Waals surface area contributed by atoms with Crippen LogP contribution >= 0.6 is 11.6 Å². The Morgan fingerprint density at radius 3 is 2.23 bits per heavy atom. The van der Waals surface area contributed by atoms with Gasteiger partial charge in [-0.05, 0) is 41.3 Å². The lowest BCUT2D eigenvalue weighted by Crippen LogP contribution is -2.51. The molecule has 3 aromatic rings. The maximum Gasteiger partial charge on any atom is 0.332 e. The number of nitro benzene ring substituents is 1. The smallest absolute Gasteiger partial charge is 0.332 e. The van der Waals surface area contributed by atoms with Gasteiger partial charge in [0.05, 0.1) is 4.92 Å². The monoisotopic (exact) mass is 554 g/mol. The largest absolute Gasteiger partial charge is 0.479 e. The highest BCUT2D eigenvalue weighted by Crippen LogP contribution is 2.23. The van der Waals surface area contributed by atoms with Crippen molar-refractivity contribution < 1.29 is 34.3 Å². The number of halogens is 1. The molecule has 0 aliphatic heterocycles. The van der Waals surface area contributed by atoms with Crippen molar-refractivity contribution in [1.29, 1.82) is 0 Å². The molecule has 0 radical (unpaired) electrons. The molecular formula is C26H23ClN4O8. The summed E-state index contributed by atoms with van der Waals surface area (Å²) in [5.74, 6) is -5.07. The lowest BCUT2D eigenvalue weighted by Gasteiger charge is -2.20. The van der Waals surface area contributed by atoms with Gasteiger partial charge < -0.3 is 15.5 Å². The minimum atomic E-state index is -1.82. The van der Waals surface area contributed by atoms with Crippen LogP contribution in [0.15, 0.2) is 72.8 Å². The Bertz CT molecular complexity index is 1400. The normalized spacial score (nSPS) is 12.1. The van der Waals surface area contributed by atoms with Crippen molar-refractivity contribution >= 4 is 41.0 Å². The van der Waals surface area contributed by atoms with E-state index in [4.69, 9.17) is 16.7 Å². The first-order chi connectivity index (χ1) is 18.5. The second kappa shape index (κ2) is 13.1. The number of aliphatic carboxylic acids is 1. The molecule has 12 nitrogen and oxygen atoms in total. The van der Waals surface area contributed by atoms with E-state index in [1.54, 1.807) is 42.5 Å². The molecule has 2 atom stereocenters. The van der Waals surface area contributed by atoms with Crippen LogP contribution in [-0.2, 0) is 20.8 Å². The van der Waals surface area contributed by atoms with Gasteiger partial charge in [-0.2, -0.15) is 0 Å². The summed E-state index contributed by atoms with van der Waals surface area (Å²) in [4.78, 5) is 58.5. The maximum absolute atomic E-state index is 12.5. The highest BCUT2D eigenvalue weighted by Gasteiger charge is 2.26. The number of aliphatic hydroxyl groups is 1. The lowest BCUT2D eigenvalue weighted by molar-refractivity contribution is -0.385. The topological polar surface area (TPSA) is 188 Å². The summed E-state index contributed by atoms with van der Waals surface area (Å²) in [6, 6.07) is 18.3. The summed E-state index contributed by atoms with van der Waals surface area (Å²) in [7, 11) is 0. The zero-order valence-electron chi connectivity index (χ0n) is 20.2. The predicted octanol–water partition coefficient (Wildman–Crippen LogP) is 2.24. The second-order valence-corrected chi connectivity index (χ2v) is 8.79. The number of benzene rings is 3. The van der Waals surface area contributed by atoms with Gasteiger partial charge in [-0.3, -0.25) is 35.3 Å². The molecule has 0 fully saturated rings. The van der Waals surface area contributed by atoms with Gasteiger partial charge in [0.25, 0.3) is 11.6 Å². The number of nitro groups is 1. The molecule has 3 rings (SSSR count). The van der Waals surface area contributed by atoms with Crippen LogP contribution in [0.1, 0.15) is 22.3 Å². The van der Waals surface area contributed by atoms with Crippen molar-refractivity contribution in [2.45, 2.75) is 25.0 Å². The number of nitrogens with zero attached hydrogens (tertiary/aromatic N) is 1. The Balaban J connectivity index is 1.66. The number of carbonyl (C=O) groups is 4. The number of aliphatic hydroxyl groups excluding tert-OH is 1. The molecule has 0 saturated heterocycles. The number of amides is 3. The van der Waals surface area contributed by atoms with Crippen LogP contribution in [0.4, 0.5) is 5.69 Å². The molecule has 202 valence electrons. The standard InChI is InChI=1S/C26H23ClN4O8/c27-18-5-3-4-17(13-18)16-10-8-15(9-11-16)12-19(14-22(32)26(36)37)28-24(34)25(35)30-29-23(33)20-6-1-2-7-21(20)31(38)39/h1-11,13,19,22,32H,12,14H2,(H,28,34)(H,29,33)(H,30,35)(H,36,37)/t19-,22-/m1/s1. The number of hydrazine groups is 1. The lowest BCUT2D eigenvalue weighted by atomic mass is 9.98. The third-order valence-corrected chi connectivity index (χ3v) is 5.80. The van der Waals surface area contributed by atoms with E-state index < -0.39 is 52.9 Å². The summed E-state index contributed by atoms with van der Waals surface area (Å²) in [6.07, 6.45) is -2.16. The van der Waals surface area contributed by atoms with E-state index >= 15 is 0 Å². The summed E-state index contributed by atoms with van der Waals surface area (Å²) in [6.45, 7) is 0. The van der Waals surface area contributed by atoms with E-state index in [1.165, 1.54) is 18.2 Å². The average molecular weight is 555 g/mol. The number of hydrogen-bond donors (Lipinski definition) is 5. The molecule has 0 aliphatic carbocycles. The van der Waals surface area contributed by atoms with Gasteiger partial charge in [-0.15, -0.1) is 0 Å². The Hall–Kier alpha value is -4.81. The van der Waals surface area contributed by atoms with E-state index in [2.05, 4.69) is 5.32 Å². The van der Waals surface area contributed by atoms with Gasteiger partial charge >= 0.3 is 17.8 Å². The van der Waals surface area contributed by atoms with E-state index in [1.807, 2.05) is 16.9 Å².